The van der Waals surface area contributed by atoms with E-state index >= 15 is 0 Å². The van der Waals surface area contributed by atoms with Gasteiger partial charge in [0.2, 0.25) is 0 Å². The number of carbonyl (C=O) groups is 1. The zero-order valence-corrected chi connectivity index (χ0v) is 15.6. The second kappa shape index (κ2) is 8.01. The SMILES string of the molecule is COc1cccc(OCc2cc(C(=O)N(C)[C@@H](C)c3nccs3)n[nH]2)c1. The predicted octanol–water partition coefficient (Wildman–Crippen LogP) is 3.29. The molecule has 0 saturated heterocycles. The number of thiazole rings is 1. The van der Waals surface area contributed by atoms with Crippen LogP contribution >= 0.6 is 11.3 Å². The molecular formula is C18H20N4O3S. The summed E-state index contributed by atoms with van der Waals surface area (Å²) in [4.78, 5) is 18.5. The highest BCUT2D eigenvalue weighted by Gasteiger charge is 2.22. The molecule has 1 aromatic carbocycles. The van der Waals surface area contributed by atoms with Crippen molar-refractivity contribution in [3.63, 3.8) is 0 Å². The molecule has 0 saturated carbocycles. The summed E-state index contributed by atoms with van der Waals surface area (Å²) in [7, 11) is 3.35. The number of nitrogens with zero attached hydrogens (tertiary/aromatic N) is 3. The number of methoxy groups -OCH3 is 1. The summed E-state index contributed by atoms with van der Waals surface area (Å²) in [6.45, 7) is 2.22. The molecule has 3 rings (SSSR count). The Labute approximate surface area is 155 Å². The molecule has 26 heavy (non-hydrogen) atoms. The van der Waals surface area contributed by atoms with E-state index in [9.17, 15) is 4.79 Å². The molecule has 136 valence electrons. The van der Waals surface area contributed by atoms with Crippen LogP contribution < -0.4 is 9.47 Å². The Hall–Kier alpha value is -2.87. The molecule has 0 spiro atoms. The highest BCUT2D eigenvalue weighted by Crippen LogP contribution is 2.23. The average Bonchev–Trinajstić information content (AvgIpc) is 3.36. The summed E-state index contributed by atoms with van der Waals surface area (Å²) in [6, 6.07) is 8.92. The number of benzene rings is 1. The third-order valence-electron chi connectivity index (χ3n) is 4.00. The molecule has 7 nitrogen and oxygen atoms in total. The molecule has 0 aliphatic heterocycles. The number of carbonyl (C=O) groups excluding carboxylic acids is 1. The Morgan fingerprint density at radius 3 is 2.88 bits per heavy atom. The van der Waals surface area contributed by atoms with Gasteiger partial charge < -0.3 is 14.4 Å². The fourth-order valence-corrected chi connectivity index (χ4v) is 3.10. The molecule has 1 amide bonds. The average molecular weight is 372 g/mol. The van der Waals surface area contributed by atoms with Gasteiger partial charge in [-0.15, -0.1) is 11.3 Å². The van der Waals surface area contributed by atoms with Gasteiger partial charge in [-0.25, -0.2) is 4.98 Å². The molecule has 0 fully saturated rings. The number of aromatic amines is 1. The standard InChI is InChI=1S/C18H20N4O3S/c1-12(17-19-7-8-26-17)22(2)18(23)16-9-13(20-21-16)11-25-15-6-4-5-14(10-15)24-3/h4-10,12H,11H2,1-3H3,(H,20,21)/t12-/m0/s1. The first kappa shape index (κ1) is 17.9. The monoisotopic (exact) mass is 372 g/mol. The molecule has 0 aliphatic rings. The second-order valence-corrected chi connectivity index (χ2v) is 6.63. The highest BCUT2D eigenvalue weighted by molar-refractivity contribution is 7.09. The van der Waals surface area contributed by atoms with E-state index in [4.69, 9.17) is 9.47 Å². The van der Waals surface area contributed by atoms with E-state index in [0.717, 1.165) is 10.8 Å². The molecule has 0 bridgehead atoms. The van der Waals surface area contributed by atoms with Crippen molar-refractivity contribution in [3.05, 3.63) is 58.3 Å². The van der Waals surface area contributed by atoms with Gasteiger partial charge in [-0.3, -0.25) is 9.89 Å². The van der Waals surface area contributed by atoms with Crippen LogP contribution in [0.5, 0.6) is 11.5 Å². The van der Waals surface area contributed by atoms with Crippen LogP contribution in [-0.4, -0.2) is 40.1 Å². The van der Waals surface area contributed by atoms with Crippen LogP contribution in [0.25, 0.3) is 0 Å². The number of aromatic nitrogens is 3. The van der Waals surface area contributed by atoms with Gasteiger partial charge in [-0.05, 0) is 25.1 Å². The number of H-pyrrole nitrogens is 1. The van der Waals surface area contributed by atoms with Gasteiger partial charge in [0.15, 0.2) is 5.69 Å². The zero-order chi connectivity index (χ0) is 18.5. The van der Waals surface area contributed by atoms with E-state index in [1.807, 2.05) is 30.5 Å². The van der Waals surface area contributed by atoms with Crippen LogP contribution in [0.15, 0.2) is 41.9 Å². The number of nitrogens with one attached hydrogen (secondary N) is 1. The van der Waals surface area contributed by atoms with Crippen LogP contribution in [0.4, 0.5) is 0 Å². The first-order valence-electron chi connectivity index (χ1n) is 8.06. The number of rotatable bonds is 7. The summed E-state index contributed by atoms with van der Waals surface area (Å²) in [5.41, 5.74) is 1.06. The summed E-state index contributed by atoms with van der Waals surface area (Å²) in [5, 5.41) is 9.74. The quantitative estimate of drug-likeness (QED) is 0.688. The van der Waals surface area contributed by atoms with Crippen molar-refractivity contribution in [1.82, 2.24) is 20.1 Å². The lowest BCUT2D eigenvalue weighted by Gasteiger charge is -2.22. The van der Waals surface area contributed by atoms with Crippen molar-refractivity contribution in [2.45, 2.75) is 19.6 Å². The van der Waals surface area contributed by atoms with Gasteiger partial charge in [0.25, 0.3) is 5.91 Å². The highest BCUT2D eigenvalue weighted by atomic mass is 32.1. The smallest absolute Gasteiger partial charge is 0.274 e. The van der Waals surface area contributed by atoms with E-state index in [1.54, 1.807) is 37.4 Å². The molecule has 0 aliphatic carbocycles. The van der Waals surface area contributed by atoms with E-state index in [0.29, 0.717) is 17.1 Å². The minimum atomic E-state index is -0.170. The Morgan fingerprint density at radius 2 is 2.15 bits per heavy atom. The van der Waals surface area contributed by atoms with Gasteiger partial charge in [0, 0.05) is 24.7 Å². The van der Waals surface area contributed by atoms with Crippen LogP contribution in [0.1, 0.15) is 34.2 Å². The van der Waals surface area contributed by atoms with Gasteiger partial charge in [0.1, 0.15) is 23.1 Å². The van der Waals surface area contributed by atoms with Crippen molar-refractivity contribution in [2.75, 3.05) is 14.2 Å². The maximum atomic E-state index is 12.6. The topological polar surface area (TPSA) is 80.3 Å². The molecule has 2 aromatic heterocycles. The molecule has 3 aromatic rings. The first-order chi connectivity index (χ1) is 12.6. The minimum Gasteiger partial charge on any atom is -0.497 e. The molecule has 0 unspecified atom stereocenters. The number of hydrogen-bond acceptors (Lipinski definition) is 6. The van der Waals surface area contributed by atoms with Crippen molar-refractivity contribution < 1.29 is 14.3 Å². The summed E-state index contributed by atoms with van der Waals surface area (Å²) < 4.78 is 10.9. The minimum absolute atomic E-state index is 0.115. The van der Waals surface area contributed by atoms with E-state index < -0.39 is 0 Å². The summed E-state index contributed by atoms with van der Waals surface area (Å²) in [6.07, 6.45) is 1.73. The Balaban J connectivity index is 1.62. The first-order valence-corrected chi connectivity index (χ1v) is 8.94. The normalized spacial score (nSPS) is 11.8. The number of ether oxygens (including phenoxy) is 2. The molecule has 1 N–H and O–H groups in total. The van der Waals surface area contributed by atoms with E-state index in [-0.39, 0.29) is 18.6 Å². The van der Waals surface area contributed by atoms with Gasteiger partial charge >= 0.3 is 0 Å². The van der Waals surface area contributed by atoms with Gasteiger partial charge in [-0.1, -0.05) is 6.07 Å². The Kier molecular flexibility index (Phi) is 5.52. The van der Waals surface area contributed by atoms with Gasteiger partial charge in [-0.2, -0.15) is 5.10 Å². The van der Waals surface area contributed by atoms with E-state index in [2.05, 4.69) is 15.2 Å². The fourth-order valence-electron chi connectivity index (χ4n) is 2.36. The van der Waals surface area contributed by atoms with Crippen LogP contribution in [0.2, 0.25) is 0 Å². The lowest BCUT2D eigenvalue weighted by atomic mass is 10.2. The number of amides is 1. The zero-order valence-electron chi connectivity index (χ0n) is 14.8. The third-order valence-corrected chi connectivity index (χ3v) is 4.94. The molecule has 1 atom stereocenters. The molecule has 0 radical (unpaired) electrons. The number of hydrogen-bond donors (Lipinski definition) is 1. The largest absolute Gasteiger partial charge is 0.497 e. The lowest BCUT2D eigenvalue weighted by molar-refractivity contribution is 0.0736. The van der Waals surface area contributed by atoms with Crippen molar-refractivity contribution in [2.24, 2.45) is 0 Å². The van der Waals surface area contributed by atoms with Crippen molar-refractivity contribution in [3.8, 4) is 11.5 Å². The maximum Gasteiger partial charge on any atom is 0.274 e. The van der Waals surface area contributed by atoms with Crippen molar-refractivity contribution >= 4 is 17.2 Å². The van der Waals surface area contributed by atoms with Gasteiger partial charge in [0.05, 0.1) is 18.8 Å². The molecule has 8 heteroatoms. The third kappa shape index (κ3) is 4.02. The Bertz CT molecular complexity index is 863. The molecular weight excluding hydrogens is 352 g/mol. The van der Waals surface area contributed by atoms with Crippen LogP contribution in [-0.2, 0) is 6.61 Å². The predicted molar refractivity (Wildman–Crippen MR) is 98.5 cm³/mol. The van der Waals surface area contributed by atoms with E-state index in [1.165, 1.54) is 11.3 Å². The van der Waals surface area contributed by atoms with Crippen LogP contribution in [0.3, 0.4) is 0 Å². The fraction of sp³-hybridized carbons (Fsp3) is 0.278. The summed E-state index contributed by atoms with van der Waals surface area (Å²) >= 11 is 1.52. The molecule has 2 heterocycles. The summed E-state index contributed by atoms with van der Waals surface area (Å²) in [5.74, 6) is 1.23. The van der Waals surface area contributed by atoms with Crippen LogP contribution in [0, 0.1) is 0 Å². The lowest BCUT2D eigenvalue weighted by Crippen LogP contribution is -2.29. The van der Waals surface area contributed by atoms with Crippen molar-refractivity contribution in [1.29, 1.82) is 0 Å². The Morgan fingerprint density at radius 1 is 1.35 bits per heavy atom. The maximum absolute atomic E-state index is 12.6. The second-order valence-electron chi connectivity index (χ2n) is 5.71.